The first-order valence-electron chi connectivity index (χ1n) is 5.53. The van der Waals surface area contributed by atoms with E-state index in [0.29, 0.717) is 22.6 Å². The lowest BCUT2D eigenvalue weighted by Crippen LogP contribution is -2.09. The van der Waals surface area contributed by atoms with E-state index in [9.17, 15) is 4.79 Å². The molecule has 0 aliphatic heterocycles. The van der Waals surface area contributed by atoms with Gasteiger partial charge in [-0.1, -0.05) is 13.8 Å². The lowest BCUT2D eigenvalue weighted by Gasteiger charge is -2.01. The summed E-state index contributed by atoms with van der Waals surface area (Å²) in [6.07, 6.45) is 0. The highest BCUT2D eigenvalue weighted by Crippen LogP contribution is 2.21. The van der Waals surface area contributed by atoms with Gasteiger partial charge in [0.1, 0.15) is 11.2 Å². The Hall–Kier alpha value is -2.02. The molecule has 0 fully saturated rings. The van der Waals surface area contributed by atoms with E-state index in [4.69, 9.17) is 0 Å². The second-order valence-corrected chi connectivity index (χ2v) is 5.00. The summed E-state index contributed by atoms with van der Waals surface area (Å²) in [4.78, 5) is 23.2. The highest BCUT2D eigenvalue weighted by molar-refractivity contribution is 7.07. The van der Waals surface area contributed by atoms with E-state index in [-0.39, 0.29) is 11.5 Å². The molecule has 0 radical (unpaired) electrons. The van der Waals surface area contributed by atoms with Gasteiger partial charge in [0, 0.05) is 5.38 Å². The fourth-order valence-corrected chi connectivity index (χ4v) is 2.32. The van der Waals surface area contributed by atoms with E-state index < -0.39 is 0 Å². The fraction of sp³-hybridized carbons (Fsp3) is 0.273. The molecule has 2 N–H and O–H groups in total. The Morgan fingerprint density at radius 2 is 2.17 bits per heavy atom. The summed E-state index contributed by atoms with van der Waals surface area (Å²) < 4.78 is 0. The van der Waals surface area contributed by atoms with Crippen molar-refractivity contribution in [3.05, 3.63) is 26.9 Å². The van der Waals surface area contributed by atoms with Gasteiger partial charge in [0.25, 0.3) is 5.56 Å². The van der Waals surface area contributed by atoms with Crippen LogP contribution in [-0.2, 0) is 0 Å². The van der Waals surface area contributed by atoms with Crippen molar-refractivity contribution in [3.8, 4) is 11.5 Å². The first-order valence-corrected chi connectivity index (χ1v) is 6.48. The zero-order chi connectivity index (χ0) is 12.7. The first-order chi connectivity index (χ1) is 8.66. The molecular formula is C11H11N5OS. The second-order valence-electron chi connectivity index (χ2n) is 4.28. The predicted molar refractivity (Wildman–Crippen MR) is 69.7 cm³/mol. The van der Waals surface area contributed by atoms with Crippen molar-refractivity contribution in [1.29, 1.82) is 0 Å². The second kappa shape index (κ2) is 4.02. The van der Waals surface area contributed by atoms with Crippen LogP contribution in [0.5, 0.6) is 0 Å². The van der Waals surface area contributed by atoms with E-state index in [2.05, 4.69) is 25.1 Å². The van der Waals surface area contributed by atoms with Crippen LogP contribution < -0.4 is 5.56 Å². The molecule has 0 spiro atoms. The van der Waals surface area contributed by atoms with Gasteiger partial charge >= 0.3 is 0 Å². The third-order valence-electron chi connectivity index (χ3n) is 2.69. The normalized spacial score (nSPS) is 11.5. The lowest BCUT2D eigenvalue weighted by molar-refractivity contribution is 0.815. The van der Waals surface area contributed by atoms with Crippen molar-refractivity contribution in [3.63, 3.8) is 0 Å². The Bertz CT molecular complexity index is 740. The Balaban J connectivity index is 2.31. The van der Waals surface area contributed by atoms with E-state index in [1.54, 1.807) is 5.51 Å². The minimum atomic E-state index is -0.244. The molecular weight excluding hydrogens is 250 g/mol. The first kappa shape index (κ1) is 11.1. The summed E-state index contributed by atoms with van der Waals surface area (Å²) >= 11 is 1.46. The van der Waals surface area contributed by atoms with Gasteiger partial charge in [0.05, 0.1) is 11.2 Å². The Morgan fingerprint density at radius 1 is 1.33 bits per heavy atom. The van der Waals surface area contributed by atoms with Gasteiger partial charge in [0.2, 0.25) is 0 Å². The van der Waals surface area contributed by atoms with E-state index in [1.807, 2.05) is 19.2 Å². The number of hydrogen-bond acceptors (Lipinski definition) is 5. The van der Waals surface area contributed by atoms with Crippen LogP contribution in [0, 0.1) is 0 Å². The molecule has 3 aromatic heterocycles. The van der Waals surface area contributed by atoms with Crippen LogP contribution in [0.1, 0.15) is 25.5 Å². The van der Waals surface area contributed by atoms with Crippen LogP contribution in [0.3, 0.4) is 0 Å². The highest BCUT2D eigenvalue weighted by Gasteiger charge is 2.15. The van der Waals surface area contributed by atoms with Crippen LogP contribution in [0.4, 0.5) is 0 Å². The number of aromatic amines is 2. The molecule has 0 atom stereocenters. The van der Waals surface area contributed by atoms with Gasteiger partial charge in [-0.2, -0.15) is 5.10 Å². The van der Waals surface area contributed by atoms with Crippen molar-refractivity contribution >= 4 is 22.4 Å². The molecule has 92 valence electrons. The quantitative estimate of drug-likeness (QED) is 0.737. The van der Waals surface area contributed by atoms with Gasteiger partial charge in [-0.05, 0) is 5.92 Å². The fourth-order valence-electron chi connectivity index (χ4n) is 1.78. The molecule has 0 aliphatic rings. The molecule has 6 nitrogen and oxygen atoms in total. The minimum Gasteiger partial charge on any atom is -0.303 e. The average molecular weight is 261 g/mol. The summed E-state index contributed by atoms with van der Waals surface area (Å²) in [5, 5.41) is 8.74. The predicted octanol–water partition coefficient (Wildman–Crippen LogP) is 1.89. The molecule has 3 rings (SSSR count). The van der Waals surface area contributed by atoms with Crippen LogP contribution in [0.2, 0.25) is 0 Å². The maximum atomic E-state index is 11.9. The molecule has 3 aromatic rings. The Labute approximate surface area is 106 Å². The monoisotopic (exact) mass is 261 g/mol. The minimum absolute atomic E-state index is 0.229. The van der Waals surface area contributed by atoms with Crippen LogP contribution in [0.25, 0.3) is 22.6 Å². The molecule has 0 bridgehead atoms. The highest BCUT2D eigenvalue weighted by atomic mass is 32.1. The molecule has 0 unspecified atom stereocenters. The smallest absolute Gasteiger partial charge is 0.279 e. The lowest BCUT2D eigenvalue weighted by atomic mass is 10.1. The molecule has 0 amide bonds. The van der Waals surface area contributed by atoms with E-state index >= 15 is 0 Å². The van der Waals surface area contributed by atoms with Gasteiger partial charge < -0.3 is 4.98 Å². The van der Waals surface area contributed by atoms with Gasteiger partial charge in [0.15, 0.2) is 11.3 Å². The summed E-state index contributed by atoms with van der Waals surface area (Å²) in [6, 6.07) is 0. The molecule has 7 heteroatoms. The molecule has 0 aliphatic carbocycles. The largest absolute Gasteiger partial charge is 0.303 e. The maximum Gasteiger partial charge on any atom is 0.279 e. The van der Waals surface area contributed by atoms with Crippen molar-refractivity contribution in [1.82, 2.24) is 25.1 Å². The average Bonchev–Trinajstić information content (AvgIpc) is 2.97. The Kier molecular flexibility index (Phi) is 2.48. The van der Waals surface area contributed by atoms with Crippen LogP contribution in [0.15, 0.2) is 15.7 Å². The third kappa shape index (κ3) is 1.63. The summed E-state index contributed by atoms with van der Waals surface area (Å²) in [5.41, 5.74) is 3.97. The zero-order valence-corrected chi connectivity index (χ0v) is 10.7. The molecule has 0 aromatic carbocycles. The molecule has 3 heterocycles. The third-order valence-corrected chi connectivity index (χ3v) is 3.28. The summed E-state index contributed by atoms with van der Waals surface area (Å²) in [6.45, 7) is 4.05. The molecule has 18 heavy (non-hydrogen) atoms. The topological polar surface area (TPSA) is 87.3 Å². The Morgan fingerprint density at radius 3 is 2.83 bits per heavy atom. The van der Waals surface area contributed by atoms with Crippen molar-refractivity contribution < 1.29 is 0 Å². The van der Waals surface area contributed by atoms with Crippen LogP contribution in [-0.4, -0.2) is 25.1 Å². The number of thiazole rings is 1. The van der Waals surface area contributed by atoms with Crippen molar-refractivity contribution in [2.75, 3.05) is 0 Å². The summed E-state index contributed by atoms with van der Waals surface area (Å²) in [5.74, 6) is 0.713. The van der Waals surface area contributed by atoms with E-state index in [0.717, 1.165) is 5.69 Å². The summed E-state index contributed by atoms with van der Waals surface area (Å²) in [7, 11) is 0. The molecule has 0 saturated carbocycles. The maximum absolute atomic E-state index is 11.9. The van der Waals surface area contributed by atoms with Gasteiger partial charge in [-0.3, -0.25) is 9.89 Å². The number of rotatable bonds is 2. The van der Waals surface area contributed by atoms with E-state index in [1.165, 1.54) is 11.3 Å². The number of hydrogen-bond donors (Lipinski definition) is 2. The SMILES string of the molecule is CC(C)c1[nH]nc2c(=O)[nH]c(-c3cscn3)nc12. The van der Waals surface area contributed by atoms with Gasteiger partial charge in [-0.25, -0.2) is 9.97 Å². The standard InChI is InChI=1S/C11H11N5OS/c1-5(2)7-8-9(16-15-7)11(17)14-10(13-8)6-3-18-4-12-6/h3-5H,1-2H3,(H,15,16)(H,13,14,17). The van der Waals surface area contributed by atoms with Crippen molar-refractivity contribution in [2.24, 2.45) is 0 Å². The number of fused-ring (bicyclic) bond motifs is 1. The van der Waals surface area contributed by atoms with Gasteiger partial charge in [-0.15, -0.1) is 11.3 Å². The zero-order valence-electron chi connectivity index (χ0n) is 9.89. The number of nitrogens with one attached hydrogen (secondary N) is 2. The van der Waals surface area contributed by atoms with Crippen LogP contribution >= 0.6 is 11.3 Å². The number of H-pyrrole nitrogens is 2. The number of aromatic nitrogens is 5. The molecule has 0 saturated heterocycles. The number of nitrogens with zero attached hydrogens (tertiary/aromatic N) is 3. The van der Waals surface area contributed by atoms with Crippen molar-refractivity contribution in [2.45, 2.75) is 19.8 Å².